The first-order chi connectivity index (χ1) is 7.83. The second-order valence-electron chi connectivity index (χ2n) is 4.34. The molecule has 2 heterocycles. The van der Waals surface area contributed by atoms with Crippen LogP contribution < -0.4 is 5.32 Å². The molecule has 0 unspecified atom stereocenters. The number of nitrogens with one attached hydrogen (secondary N) is 1. The third kappa shape index (κ3) is 2.80. The smallest absolute Gasteiger partial charge is 0.0625 e. The van der Waals surface area contributed by atoms with Crippen LogP contribution in [0.4, 0.5) is 0 Å². The summed E-state index contributed by atoms with van der Waals surface area (Å²) < 4.78 is 2.14. The van der Waals surface area contributed by atoms with Gasteiger partial charge in [0.15, 0.2) is 0 Å². The summed E-state index contributed by atoms with van der Waals surface area (Å²) in [6.07, 6.45) is 1.04. The van der Waals surface area contributed by atoms with Crippen molar-refractivity contribution in [3.05, 3.63) is 17.5 Å². The van der Waals surface area contributed by atoms with Crippen molar-refractivity contribution in [3.8, 4) is 0 Å². The molecule has 0 aliphatic carbocycles. The molecule has 0 radical (unpaired) electrons. The zero-order valence-electron chi connectivity index (χ0n) is 10.2. The third-order valence-corrected chi connectivity index (χ3v) is 4.25. The molecule has 2 rings (SSSR count). The normalized spacial score (nSPS) is 16.4. The summed E-state index contributed by atoms with van der Waals surface area (Å²) in [5.74, 6) is 3.29. The Hall–Kier alpha value is -0.480. The molecule has 1 N–H and O–H groups in total. The maximum absolute atomic E-state index is 4.57. The first-order valence-electron chi connectivity index (χ1n) is 6.17. The summed E-state index contributed by atoms with van der Waals surface area (Å²) in [7, 11) is 0. The lowest BCUT2D eigenvalue weighted by Gasteiger charge is -2.26. The van der Waals surface area contributed by atoms with Crippen LogP contribution in [0.3, 0.4) is 0 Å². The standard InChI is InChI=1S/C12H21N3S/c1-3-11-5-12(15(4-2)14-11)9-16-8-10-6-13-7-10/h5,10,13H,3-4,6-9H2,1-2H3. The Morgan fingerprint density at radius 3 is 2.88 bits per heavy atom. The van der Waals surface area contributed by atoms with Gasteiger partial charge in [-0.3, -0.25) is 4.68 Å². The monoisotopic (exact) mass is 239 g/mol. The fourth-order valence-corrected chi connectivity index (χ4v) is 3.00. The van der Waals surface area contributed by atoms with Gasteiger partial charge in [0, 0.05) is 18.0 Å². The van der Waals surface area contributed by atoms with Crippen LogP contribution in [0.25, 0.3) is 0 Å². The highest BCUT2D eigenvalue weighted by atomic mass is 32.2. The zero-order chi connectivity index (χ0) is 11.4. The SMILES string of the molecule is CCc1cc(CSCC2CNC2)n(CC)n1. The lowest BCUT2D eigenvalue weighted by molar-refractivity contribution is 0.385. The quantitative estimate of drug-likeness (QED) is 0.822. The summed E-state index contributed by atoms with van der Waals surface area (Å²) in [5, 5.41) is 7.88. The number of thioether (sulfide) groups is 1. The molecular formula is C12H21N3S. The van der Waals surface area contributed by atoms with Gasteiger partial charge in [0.05, 0.1) is 5.69 Å². The van der Waals surface area contributed by atoms with Crippen molar-refractivity contribution in [2.75, 3.05) is 18.8 Å². The number of rotatable bonds is 6. The van der Waals surface area contributed by atoms with E-state index >= 15 is 0 Å². The van der Waals surface area contributed by atoms with Gasteiger partial charge in [-0.15, -0.1) is 0 Å². The highest BCUT2D eigenvalue weighted by molar-refractivity contribution is 7.98. The van der Waals surface area contributed by atoms with E-state index in [1.54, 1.807) is 0 Å². The molecular weight excluding hydrogens is 218 g/mol. The lowest BCUT2D eigenvalue weighted by atomic mass is 10.1. The van der Waals surface area contributed by atoms with Crippen LogP contribution in [0.5, 0.6) is 0 Å². The van der Waals surface area contributed by atoms with Gasteiger partial charge in [0.2, 0.25) is 0 Å². The van der Waals surface area contributed by atoms with E-state index in [4.69, 9.17) is 0 Å². The van der Waals surface area contributed by atoms with Crippen molar-refractivity contribution in [1.82, 2.24) is 15.1 Å². The molecule has 0 saturated carbocycles. The van der Waals surface area contributed by atoms with Crippen LogP contribution in [0.2, 0.25) is 0 Å². The summed E-state index contributed by atoms with van der Waals surface area (Å²) >= 11 is 2.04. The number of hydrogen-bond donors (Lipinski definition) is 1. The Labute approximate surface area is 102 Å². The second-order valence-corrected chi connectivity index (χ2v) is 5.37. The fourth-order valence-electron chi connectivity index (χ4n) is 1.87. The average molecular weight is 239 g/mol. The van der Waals surface area contributed by atoms with Crippen molar-refractivity contribution in [2.24, 2.45) is 5.92 Å². The lowest BCUT2D eigenvalue weighted by Crippen LogP contribution is -2.43. The van der Waals surface area contributed by atoms with E-state index in [0.29, 0.717) is 0 Å². The summed E-state index contributed by atoms with van der Waals surface area (Å²) in [6.45, 7) is 7.73. The molecule has 1 fully saturated rings. The Morgan fingerprint density at radius 2 is 2.31 bits per heavy atom. The molecule has 0 atom stereocenters. The van der Waals surface area contributed by atoms with Gasteiger partial charge in [0.25, 0.3) is 0 Å². The van der Waals surface area contributed by atoms with Gasteiger partial charge in [-0.25, -0.2) is 0 Å². The molecule has 16 heavy (non-hydrogen) atoms. The van der Waals surface area contributed by atoms with Crippen molar-refractivity contribution in [2.45, 2.75) is 32.6 Å². The van der Waals surface area contributed by atoms with Crippen LogP contribution in [0.15, 0.2) is 6.07 Å². The van der Waals surface area contributed by atoms with Gasteiger partial charge in [-0.05, 0) is 44.2 Å². The van der Waals surface area contributed by atoms with E-state index in [-0.39, 0.29) is 0 Å². The molecule has 0 spiro atoms. The minimum absolute atomic E-state index is 0.897. The minimum Gasteiger partial charge on any atom is -0.316 e. The third-order valence-electron chi connectivity index (χ3n) is 3.05. The average Bonchev–Trinajstić information content (AvgIpc) is 2.64. The van der Waals surface area contributed by atoms with Gasteiger partial charge in [0.1, 0.15) is 0 Å². The second kappa shape index (κ2) is 5.73. The molecule has 1 aliphatic heterocycles. The minimum atomic E-state index is 0.897. The molecule has 0 bridgehead atoms. The van der Waals surface area contributed by atoms with Crippen LogP contribution in [0.1, 0.15) is 25.2 Å². The highest BCUT2D eigenvalue weighted by Gasteiger charge is 2.16. The summed E-state index contributed by atoms with van der Waals surface area (Å²) in [5.41, 5.74) is 2.61. The number of hydrogen-bond acceptors (Lipinski definition) is 3. The molecule has 1 saturated heterocycles. The Balaban J connectivity index is 1.84. The molecule has 90 valence electrons. The first-order valence-corrected chi connectivity index (χ1v) is 7.33. The summed E-state index contributed by atoms with van der Waals surface area (Å²) in [6, 6.07) is 2.26. The molecule has 0 amide bonds. The molecule has 1 aliphatic rings. The van der Waals surface area contributed by atoms with E-state index in [0.717, 1.165) is 24.6 Å². The van der Waals surface area contributed by atoms with E-state index in [1.807, 2.05) is 11.8 Å². The predicted molar refractivity (Wildman–Crippen MR) is 69.8 cm³/mol. The largest absolute Gasteiger partial charge is 0.316 e. The number of aryl methyl sites for hydroxylation is 2. The van der Waals surface area contributed by atoms with Crippen molar-refractivity contribution >= 4 is 11.8 Å². The Bertz CT molecular complexity index is 331. The van der Waals surface area contributed by atoms with Gasteiger partial charge >= 0.3 is 0 Å². The molecule has 1 aromatic heterocycles. The molecule has 0 aromatic carbocycles. The van der Waals surface area contributed by atoms with E-state index in [2.05, 4.69) is 35.0 Å². The fraction of sp³-hybridized carbons (Fsp3) is 0.750. The van der Waals surface area contributed by atoms with E-state index < -0.39 is 0 Å². The Morgan fingerprint density at radius 1 is 1.50 bits per heavy atom. The Kier molecular flexibility index (Phi) is 4.29. The van der Waals surface area contributed by atoms with Gasteiger partial charge < -0.3 is 5.32 Å². The maximum atomic E-state index is 4.57. The zero-order valence-corrected chi connectivity index (χ0v) is 11.0. The number of nitrogens with zero attached hydrogens (tertiary/aromatic N) is 2. The van der Waals surface area contributed by atoms with Gasteiger partial charge in [-0.1, -0.05) is 6.92 Å². The van der Waals surface area contributed by atoms with Crippen LogP contribution in [-0.2, 0) is 18.7 Å². The molecule has 3 nitrogen and oxygen atoms in total. The van der Waals surface area contributed by atoms with Crippen molar-refractivity contribution < 1.29 is 0 Å². The van der Waals surface area contributed by atoms with E-state index in [1.165, 1.54) is 30.2 Å². The van der Waals surface area contributed by atoms with Crippen molar-refractivity contribution in [3.63, 3.8) is 0 Å². The van der Waals surface area contributed by atoms with Crippen molar-refractivity contribution in [1.29, 1.82) is 0 Å². The van der Waals surface area contributed by atoms with Crippen LogP contribution >= 0.6 is 11.8 Å². The van der Waals surface area contributed by atoms with Crippen LogP contribution in [-0.4, -0.2) is 28.6 Å². The van der Waals surface area contributed by atoms with Crippen LogP contribution in [0, 0.1) is 5.92 Å². The maximum Gasteiger partial charge on any atom is 0.0625 e. The molecule has 1 aromatic rings. The topological polar surface area (TPSA) is 29.9 Å². The highest BCUT2D eigenvalue weighted by Crippen LogP contribution is 2.18. The predicted octanol–water partition coefficient (Wildman–Crippen LogP) is 1.92. The van der Waals surface area contributed by atoms with Gasteiger partial charge in [-0.2, -0.15) is 16.9 Å². The number of aromatic nitrogens is 2. The summed E-state index contributed by atoms with van der Waals surface area (Å²) in [4.78, 5) is 0. The van der Waals surface area contributed by atoms with E-state index in [9.17, 15) is 0 Å². The first kappa shape index (κ1) is 12.0. The molecule has 4 heteroatoms.